The Morgan fingerprint density at radius 3 is 2.61 bits per heavy atom. The average molecular weight is 476 g/mol. The first kappa shape index (κ1) is 25.1. The monoisotopic (exact) mass is 475 g/mol. The normalized spacial score (nSPS) is 20.4. The van der Waals surface area contributed by atoms with Gasteiger partial charge < -0.3 is 0 Å². The minimum Gasteiger partial charge on any atom is -0.295 e. The maximum atomic E-state index is 14.4. The van der Waals surface area contributed by atoms with Gasteiger partial charge in [-0.1, -0.05) is 39.0 Å². The number of fused-ring (bicyclic) bond motifs is 1. The van der Waals surface area contributed by atoms with Crippen molar-refractivity contribution in [1.29, 1.82) is 0 Å². The Morgan fingerprint density at radius 1 is 1.18 bits per heavy atom. The summed E-state index contributed by atoms with van der Waals surface area (Å²) in [6, 6.07) is 6.63. The van der Waals surface area contributed by atoms with Crippen molar-refractivity contribution in [2.24, 2.45) is 13.0 Å². The molecule has 1 aliphatic heterocycles. The average Bonchev–Trinajstić information content (AvgIpc) is 2.82. The Kier molecular flexibility index (Phi) is 8.46. The Labute approximate surface area is 195 Å². The van der Waals surface area contributed by atoms with Crippen LogP contribution in [0.4, 0.5) is 8.78 Å². The molecule has 33 heavy (non-hydrogen) atoms. The largest absolute Gasteiger partial charge is 0.295 e. The summed E-state index contributed by atoms with van der Waals surface area (Å²) in [7, 11) is 0.862. The molecule has 0 saturated carbocycles. The molecule has 3 atom stereocenters. The number of hydrogen-bond acceptors (Lipinski definition) is 4. The van der Waals surface area contributed by atoms with E-state index in [1.165, 1.54) is 12.4 Å². The molecule has 0 N–H and O–H groups in total. The van der Waals surface area contributed by atoms with Crippen LogP contribution in [0.5, 0.6) is 0 Å². The molecule has 0 spiro atoms. The fraction of sp³-hybridized carbons (Fsp3) is 0.480. The van der Waals surface area contributed by atoms with Crippen LogP contribution in [0.3, 0.4) is 0 Å². The first-order chi connectivity index (χ1) is 15.9. The molecule has 3 unspecified atom stereocenters. The van der Waals surface area contributed by atoms with Crippen LogP contribution in [-0.2, 0) is 37.4 Å². The van der Waals surface area contributed by atoms with Crippen LogP contribution in [0, 0.1) is 11.7 Å². The van der Waals surface area contributed by atoms with E-state index in [9.17, 15) is 17.8 Å². The molecule has 8 heteroatoms. The highest BCUT2D eigenvalue weighted by molar-refractivity contribution is 7.85. The van der Waals surface area contributed by atoms with Gasteiger partial charge in [-0.25, -0.2) is 18.7 Å². The highest BCUT2D eigenvalue weighted by Crippen LogP contribution is 2.32. The van der Waals surface area contributed by atoms with Crippen molar-refractivity contribution in [2.45, 2.75) is 52.6 Å². The van der Waals surface area contributed by atoms with Crippen molar-refractivity contribution < 1.29 is 13.0 Å². The Morgan fingerprint density at radius 2 is 1.91 bits per heavy atom. The molecular weight excluding hydrogens is 444 g/mol. The van der Waals surface area contributed by atoms with Crippen molar-refractivity contribution in [3.8, 4) is 0 Å². The summed E-state index contributed by atoms with van der Waals surface area (Å²) in [6.07, 6.45) is 2.92. The number of pyridine rings is 1. The van der Waals surface area contributed by atoms with Gasteiger partial charge in [-0.15, -0.1) is 0 Å². The molecule has 5 nitrogen and oxygen atoms in total. The van der Waals surface area contributed by atoms with Crippen molar-refractivity contribution >= 4 is 21.8 Å². The summed E-state index contributed by atoms with van der Waals surface area (Å²) in [6.45, 7) is 5.19. The van der Waals surface area contributed by atoms with Gasteiger partial charge in [0.15, 0.2) is 0 Å². The van der Waals surface area contributed by atoms with E-state index in [0.29, 0.717) is 47.5 Å². The second-order valence-electron chi connectivity index (χ2n) is 8.23. The quantitative estimate of drug-likeness (QED) is 0.540. The van der Waals surface area contributed by atoms with Crippen molar-refractivity contribution in [3.05, 3.63) is 69.1 Å². The van der Waals surface area contributed by atoms with Crippen molar-refractivity contribution in [2.75, 3.05) is 11.5 Å². The summed E-state index contributed by atoms with van der Waals surface area (Å²) >= 11 is 0. The molecule has 0 bridgehead atoms. The van der Waals surface area contributed by atoms with E-state index in [1.54, 1.807) is 23.7 Å². The van der Waals surface area contributed by atoms with Crippen LogP contribution in [0.2, 0.25) is 0 Å². The van der Waals surface area contributed by atoms with Crippen LogP contribution < -0.4 is 5.56 Å². The summed E-state index contributed by atoms with van der Waals surface area (Å²) in [5, 5.41) is 0.764. The van der Waals surface area contributed by atoms with E-state index < -0.39 is 23.3 Å². The molecule has 0 amide bonds. The topological polar surface area (TPSA) is 64.8 Å². The molecule has 1 saturated heterocycles. The van der Waals surface area contributed by atoms with Gasteiger partial charge >= 0.3 is 0 Å². The van der Waals surface area contributed by atoms with Crippen molar-refractivity contribution in [1.82, 2.24) is 14.5 Å². The Bertz CT molecular complexity index is 1210. The highest BCUT2D eigenvalue weighted by Gasteiger charge is 2.29. The fourth-order valence-electron chi connectivity index (χ4n) is 4.49. The van der Waals surface area contributed by atoms with Gasteiger partial charge in [0.2, 0.25) is 0 Å². The third kappa shape index (κ3) is 5.21. The SMILES string of the molecule is CC.CC1CS(=O)CCC1c1cc2c(CCc3cccc(CF)c3F)ncnc2n(C)c1=O. The molecule has 1 fully saturated rings. The molecule has 0 radical (unpaired) electrons. The van der Waals surface area contributed by atoms with Gasteiger partial charge in [0.05, 0.1) is 5.69 Å². The third-order valence-electron chi connectivity index (χ3n) is 6.24. The summed E-state index contributed by atoms with van der Waals surface area (Å²) in [5.41, 5.74) is 2.35. The molecule has 1 aliphatic rings. The zero-order valence-electron chi connectivity index (χ0n) is 19.6. The van der Waals surface area contributed by atoms with E-state index in [4.69, 9.17) is 0 Å². The van der Waals surface area contributed by atoms with Gasteiger partial charge in [0.1, 0.15) is 24.5 Å². The molecular formula is C25H31F2N3O2S. The second-order valence-corrected chi connectivity index (χ2v) is 9.85. The first-order valence-corrected chi connectivity index (χ1v) is 12.9. The van der Waals surface area contributed by atoms with Crippen LogP contribution in [0.15, 0.2) is 35.4 Å². The Hall–Kier alpha value is -2.48. The molecule has 4 rings (SSSR count). The van der Waals surface area contributed by atoms with Crippen LogP contribution >= 0.6 is 0 Å². The minimum atomic E-state index is -0.841. The number of alkyl halides is 1. The standard InChI is InChI=1S/C23H25F2N3O2S.C2H6/c1-14-12-31(30)9-8-17(14)18-10-19-20(26-13-27-22(19)28(2)23(18)29)7-6-15-4-3-5-16(11-24)21(15)25;1-2/h3-5,10,13-14,17H,6-9,11-12H2,1-2H3;1-2H3. The number of aryl methyl sites for hydroxylation is 3. The van der Waals surface area contributed by atoms with Crippen LogP contribution in [0.1, 0.15) is 55.5 Å². The second kappa shape index (κ2) is 11.1. The number of rotatable bonds is 5. The van der Waals surface area contributed by atoms with Gasteiger partial charge in [0, 0.05) is 45.9 Å². The van der Waals surface area contributed by atoms with Crippen LogP contribution in [-0.4, -0.2) is 30.2 Å². The predicted molar refractivity (Wildman–Crippen MR) is 129 cm³/mol. The number of halogens is 2. The number of hydrogen-bond donors (Lipinski definition) is 0. The van der Waals surface area contributed by atoms with Gasteiger partial charge in [-0.2, -0.15) is 0 Å². The zero-order chi connectivity index (χ0) is 24.1. The van der Waals surface area contributed by atoms with Crippen LogP contribution in [0.25, 0.3) is 11.0 Å². The number of aromatic nitrogens is 3. The lowest BCUT2D eigenvalue weighted by Gasteiger charge is -2.28. The number of nitrogens with zero attached hydrogens (tertiary/aromatic N) is 3. The maximum Gasteiger partial charge on any atom is 0.255 e. The predicted octanol–water partition coefficient (Wildman–Crippen LogP) is 4.62. The summed E-state index contributed by atoms with van der Waals surface area (Å²) < 4.78 is 40.9. The van der Waals surface area contributed by atoms with E-state index in [1.807, 2.05) is 26.8 Å². The molecule has 3 aromatic rings. The summed E-state index contributed by atoms with van der Waals surface area (Å²) in [5.74, 6) is 0.852. The molecule has 2 aromatic heterocycles. The maximum absolute atomic E-state index is 14.4. The third-order valence-corrected chi connectivity index (χ3v) is 7.83. The lowest BCUT2D eigenvalue weighted by molar-refractivity contribution is 0.461. The fourth-order valence-corrected chi connectivity index (χ4v) is 5.99. The van der Waals surface area contributed by atoms with Gasteiger partial charge in [-0.3, -0.25) is 13.6 Å². The lowest BCUT2D eigenvalue weighted by Crippen LogP contribution is -2.32. The highest BCUT2D eigenvalue weighted by atomic mass is 32.2. The smallest absolute Gasteiger partial charge is 0.255 e. The van der Waals surface area contributed by atoms with E-state index in [0.717, 1.165) is 11.1 Å². The molecule has 178 valence electrons. The lowest BCUT2D eigenvalue weighted by atomic mass is 9.86. The number of benzene rings is 1. The molecule has 0 aliphatic carbocycles. The van der Waals surface area contributed by atoms with Gasteiger partial charge in [0.25, 0.3) is 5.56 Å². The van der Waals surface area contributed by atoms with Crippen molar-refractivity contribution in [3.63, 3.8) is 0 Å². The minimum absolute atomic E-state index is 0.0348. The zero-order valence-corrected chi connectivity index (χ0v) is 20.4. The van der Waals surface area contributed by atoms with E-state index in [-0.39, 0.29) is 23.0 Å². The first-order valence-electron chi connectivity index (χ1n) is 11.4. The van der Waals surface area contributed by atoms with E-state index >= 15 is 0 Å². The molecule has 3 heterocycles. The molecule has 1 aromatic carbocycles. The Balaban J connectivity index is 0.00000149. The summed E-state index contributed by atoms with van der Waals surface area (Å²) in [4.78, 5) is 21.8. The van der Waals surface area contributed by atoms with E-state index in [2.05, 4.69) is 9.97 Å². The van der Waals surface area contributed by atoms with Gasteiger partial charge in [-0.05, 0) is 42.7 Å².